The molecule has 1 heterocycles. The van der Waals surface area contributed by atoms with Gasteiger partial charge in [-0.2, -0.15) is 0 Å². The van der Waals surface area contributed by atoms with Crippen LogP contribution in [0.2, 0.25) is 0 Å². The van der Waals surface area contributed by atoms with E-state index in [4.69, 9.17) is 5.73 Å². The van der Waals surface area contributed by atoms with E-state index < -0.39 is 0 Å². The maximum Gasteiger partial charge on any atom is 0.237 e. The summed E-state index contributed by atoms with van der Waals surface area (Å²) < 4.78 is 0. The van der Waals surface area contributed by atoms with Crippen molar-refractivity contribution in [3.05, 3.63) is 0 Å². The zero-order valence-corrected chi connectivity index (χ0v) is 12.4. The molecule has 0 radical (unpaired) electrons. The van der Waals surface area contributed by atoms with E-state index in [1.54, 1.807) is 0 Å². The van der Waals surface area contributed by atoms with Gasteiger partial charge in [-0.3, -0.25) is 9.69 Å². The van der Waals surface area contributed by atoms with Gasteiger partial charge in [0.05, 0.1) is 6.04 Å². The first-order valence-corrected chi connectivity index (χ1v) is 7.91. The predicted octanol–water partition coefficient (Wildman–Crippen LogP) is 1.64. The molecule has 3 N–H and O–H groups in total. The van der Waals surface area contributed by atoms with Crippen LogP contribution in [0.4, 0.5) is 0 Å². The molecule has 2 fully saturated rings. The average Bonchev–Trinajstić information content (AvgIpc) is 2.90. The van der Waals surface area contributed by atoms with Gasteiger partial charge in [-0.25, -0.2) is 0 Å². The summed E-state index contributed by atoms with van der Waals surface area (Å²) in [6.07, 6.45) is 8.35. The van der Waals surface area contributed by atoms with Crippen LogP contribution in [0.3, 0.4) is 0 Å². The highest BCUT2D eigenvalue weighted by atomic mass is 16.2. The van der Waals surface area contributed by atoms with E-state index in [0.717, 1.165) is 25.8 Å². The summed E-state index contributed by atoms with van der Waals surface area (Å²) in [6.45, 7) is 5.10. The molecular weight excluding hydrogens is 238 g/mol. The fourth-order valence-corrected chi connectivity index (χ4v) is 3.57. The van der Waals surface area contributed by atoms with Gasteiger partial charge in [0.2, 0.25) is 5.91 Å². The summed E-state index contributed by atoms with van der Waals surface area (Å²) >= 11 is 0. The molecule has 0 aromatic carbocycles. The molecule has 1 saturated heterocycles. The summed E-state index contributed by atoms with van der Waals surface area (Å²) in [5.74, 6) is 0.194. The third kappa shape index (κ3) is 3.69. The van der Waals surface area contributed by atoms with Crippen molar-refractivity contribution in [1.29, 1.82) is 0 Å². The van der Waals surface area contributed by atoms with Gasteiger partial charge in [-0.15, -0.1) is 0 Å². The van der Waals surface area contributed by atoms with Crippen LogP contribution in [-0.2, 0) is 4.79 Å². The van der Waals surface area contributed by atoms with E-state index >= 15 is 0 Å². The maximum absolute atomic E-state index is 12.4. The Morgan fingerprint density at radius 1 is 1.16 bits per heavy atom. The molecule has 0 aromatic rings. The Hall–Kier alpha value is -0.610. The van der Waals surface area contributed by atoms with Crippen LogP contribution >= 0.6 is 0 Å². The van der Waals surface area contributed by atoms with Gasteiger partial charge in [0.15, 0.2) is 0 Å². The molecule has 0 spiro atoms. The minimum Gasteiger partial charge on any atom is -0.352 e. The van der Waals surface area contributed by atoms with Gasteiger partial charge >= 0.3 is 0 Å². The number of carbonyl (C=O) groups excluding carboxylic acids is 1. The van der Waals surface area contributed by atoms with Crippen molar-refractivity contribution in [3.8, 4) is 0 Å². The molecule has 3 unspecified atom stereocenters. The molecule has 4 nitrogen and oxygen atoms in total. The summed E-state index contributed by atoms with van der Waals surface area (Å²) in [6, 6.07) is 0.866. The number of nitrogens with zero attached hydrogens (tertiary/aromatic N) is 1. The quantitative estimate of drug-likeness (QED) is 0.814. The van der Waals surface area contributed by atoms with E-state index in [-0.39, 0.29) is 18.0 Å². The smallest absolute Gasteiger partial charge is 0.237 e. The van der Waals surface area contributed by atoms with Crippen molar-refractivity contribution >= 4 is 5.91 Å². The van der Waals surface area contributed by atoms with Gasteiger partial charge < -0.3 is 11.1 Å². The molecule has 0 aromatic heterocycles. The highest BCUT2D eigenvalue weighted by molar-refractivity contribution is 5.81. The molecule has 19 heavy (non-hydrogen) atoms. The van der Waals surface area contributed by atoms with E-state index in [0.29, 0.717) is 12.1 Å². The van der Waals surface area contributed by atoms with Crippen molar-refractivity contribution < 1.29 is 4.79 Å². The Bertz CT molecular complexity index is 300. The Kier molecular flexibility index (Phi) is 5.22. The second kappa shape index (κ2) is 6.71. The topological polar surface area (TPSA) is 58.4 Å². The molecule has 3 atom stereocenters. The number of nitrogens with one attached hydrogen (secondary N) is 1. The van der Waals surface area contributed by atoms with Crippen molar-refractivity contribution in [3.63, 3.8) is 0 Å². The van der Waals surface area contributed by atoms with Gasteiger partial charge in [0.25, 0.3) is 0 Å². The highest BCUT2D eigenvalue weighted by Crippen LogP contribution is 2.22. The first-order chi connectivity index (χ1) is 9.09. The van der Waals surface area contributed by atoms with E-state index in [9.17, 15) is 4.79 Å². The third-order valence-electron chi connectivity index (χ3n) is 4.78. The fourth-order valence-electron chi connectivity index (χ4n) is 3.57. The lowest BCUT2D eigenvalue weighted by atomic mass is 9.95. The standard InChI is InChI=1S/C15H29N3O/c1-11(16)14-9-5-6-10-18(14)12(2)15(19)17-13-7-3-4-8-13/h11-14H,3-10,16H2,1-2H3,(H,17,19). The van der Waals surface area contributed by atoms with Gasteiger partial charge in [-0.1, -0.05) is 19.3 Å². The molecule has 110 valence electrons. The Balaban J connectivity index is 1.91. The van der Waals surface area contributed by atoms with Crippen molar-refractivity contribution in [1.82, 2.24) is 10.2 Å². The predicted molar refractivity (Wildman–Crippen MR) is 77.9 cm³/mol. The summed E-state index contributed by atoms with van der Waals surface area (Å²) in [5, 5.41) is 3.21. The summed E-state index contributed by atoms with van der Waals surface area (Å²) in [5.41, 5.74) is 6.09. The van der Waals surface area contributed by atoms with Crippen LogP contribution in [-0.4, -0.2) is 41.5 Å². The highest BCUT2D eigenvalue weighted by Gasteiger charge is 2.33. The second-order valence-electron chi connectivity index (χ2n) is 6.33. The number of hydrogen-bond donors (Lipinski definition) is 2. The lowest BCUT2D eigenvalue weighted by Gasteiger charge is -2.41. The summed E-state index contributed by atoms with van der Waals surface area (Å²) in [7, 11) is 0. The number of carbonyl (C=O) groups is 1. The number of hydrogen-bond acceptors (Lipinski definition) is 3. The average molecular weight is 267 g/mol. The minimum absolute atomic E-state index is 0.0445. The van der Waals surface area contributed by atoms with Crippen molar-refractivity contribution in [2.75, 3.05) is 6.54 Å². The molecule has 4 heteroatoms. The molecule has 2 aliphatic rings. The van der Waals surface area contributed by atoms with Crippen molar-refractivity contribution in [2.45, 2.75) is 83.0 Å². The molecule has 1 saturated carbocycles. The third-order valence-corrected chi connectivity index (χ3v) is 4.78. The van der Waals surface area contributed by atoms with E-state index in [1.807, 2.05) is 6.92 Å². The number of amides is 1. The molecule has 1 amide bonds. The van der Waals surface area contributed by atoms with Crippen LogP contribution in [0.25, 0.3) is 0 Å². The van der Waals surface area contributed by atoms with Crippen LogP contribution in [0, 0.1) is 0 Å². The Morgan fingerprint density at radius 3 is 2.42 bits per heavy atom. The van der Waals surface area contributed by atoms with Crippen molar-refractivity contribution in [2.24, 2.45) is 5.73 Å². The first-order valence-electron chi connectivity index (χ1n) is 7.91. The molecule has 0 bridgehead atoms. The van der Waals surface area contributed by atoms with E-state index in [1.165, 1.54) is 25.7 Å². The number of piperidine rings is 1. The summed E-state index contributed by atoms with van der Waals surface area (Å²) in [4.78, 5) is 14.7. The lowest BCUT2D eigenvalue weighted by molar-refractivity contribution is -0.128. The van der Waals surface area contributed by atoms with Crippen LogP contribution < -0.4 is 11.1 Å². The monoisotopic (exact) mass is 267 g/mol. The maximum atomic E-state index is 12.4. The second-order valence-corrected chi connectivity index (χ2v) is 6.33. The SMILES string of the molecule is CC(N)C1CCCCN1C(C)C(=O)NC1CCCC1. The number of nitrogens with two attached hydrogens (primary N) is 1. The molecular formula is C15H29N3O. The van der Waals surface area contributed by atoms with Crippen LogP contribution in [0.15, 0.2) is 0 Å². The zero-order chi connectivity index (χ0) is 13.8. The largest absolute Gasteiger partial charge is 0.352 e. The fraction of sp³-hybridized carbons (Fsp3) is 0.933. The normalized spacial score (nSPS) is 29.1. The number of likely N-dealkylation sites (tertiary alicyclic amines) is 1. The zero-order valence-electron chi connectivity index (χ0n) is 12.4. The molecule has 2 rings (SSSR count). The molecule has 1 aliphatic heterocycles. The van der Waals surface area contributed by atoms with Crippen LogP contribution in [0.1, 0.15) is 58.8 Å². The number of rotatable bonds is 4. The van der Waals surface area contributed by atoms with Gasteiger partial charge in [-0.05, 0) is 46.1 Å². The Labute approximate surface area is 117 Å². The lowest BCUT2D eigenvalue weighted by Crippen LogP contribution is -2.57. The first kappa shape index (κ1) is 14.8. The Morgan fingerprint density at radius 2 is 1.79 bits per heavy atom. The minimum atomic E-state index is -0.0445. The van der Waals surface area contributed by atoms with Gasteiger partial charge in [0, 0.05) is 18.1 Å². The van der Waals surface area contributed by atoms with E-state index in [2.05, 4.69) is 17.1 Å². The molecule has 1 aliphatic carbocycles. The van der Waals surface area contributed by atoms with Gasteiger partial charge in [0.1, 0.15) is 0 Å². The van der Waals surface area contributed by atoms with Crippen LogP contribution in [0.5, 0.6) is 0 Å².